The molecule has 1 aromatic carbocycles. The van der Waals surface area contributed by atoms with Crippen molar-refractivity contribution >= 4 is 24.0 Å². The minimum Gasteiger partial charge on any atom is -0.495 e. The van der Waals surface area contributed by atoms with Gasteiger partial charge in [0.1, 0.15) is 5.75 Å². The van der Waals surface area contributed by atoms with Crippen LogP contribution in [0.3, 0.4) is 0 Å². The third kappa shape index (κ3) is 5.02. The van der Waals surface area contributed by atoms with Crippen molar-refractivity contribution in [2.45, 2.75) is 25.7 Å². The van der Waals surface area contributed by atoms with Crippen molar-refractivity contribution in [3.05, 3.63) is 24.3 Å². The molecular weight excluding hydrogens is 276 g/mol. The van der Waals surface area contributed by atoms with Crippen LogP contribution in [-0.4, -0.2) is 37.6 Å². The largest absolute Gasteiger partial charge is 0.495 e. The van der Waals surface area contributed by atoms with Crippen LogP contribution in [-0.2, 0) is 4.79 Å². The van der Waals surface area contributed by atoms with Crippen molar-refractivity contribution in [1.29, 1.82) is 0 Å². The maximum Gasteiger partial charge on any atom is 0.225 e. The summed E-state index contributed by atoms with van der Waals surface area (Å²) in [6, 6.07) is 7.49. The number of likely N-dealkylation sites (tertiary alicyclic amines) is 1. The normalized spacial score (nSPS) is 15.2. The van der Waals surface area contributed by atoms with Gasteiger partial charge >= 0.3 is 0 Å². The summed E-state index contributed by atoms with van der Waals surface area (Å²) in [5.41, 5.74) is 0.744. The zero-order chi connectivity index (χ0) is 13.5. The fourth-order valence-corrected chi connectivity index (χ4v) is 2.40. The molecule has 0 aliphatic carbocycles. The molecule has 0 atom stereocenters. The Labute approximate surface area is 126 Å². The van der Waals surface area contributed by atoms with Crippen LogP contribution in [0.5, 0.6) is 5.75 Å². The van der Waals surface area contributed by atoms with E-state index in [0.717, 1.165) is 25.3 Å². The number of para-hydroxylation sites is 2. The molecule has 0 spiro atoms. The minimum atomic E-state index is 0. The van der Waals surface area contributed by atoms with Gasteiger partial charge in [-0.05, 0) is 38.1 Å². The second-order valence-electron chi connectivity index (χ2n) is 4.90. The molecule has 1 saturated heterocycles. The number of amides is 1. The van der Waals surface area contributed by atoms with E-state index in [0.29, 0.717) is 12.2 Å². The zero-order valence-corrected chi connectivity index (χ0v) is 12.7. The highest BCUT2D eigenvalue weighted by atomic mass is 35.5. The SMILES string of the molecule is COc1ccccc1NC(=O)CCN1CCCCC1.Cl. The average molecular weight is 299 g/mol. The van der Waals surface area contributed by atoms with Crippen molar-refractivity contribution in [2.24, 2.45) is 0 Å². The Balaban J connectivity index is 0.00000200. The van der Waals surface area contributed by atoms with E-state index < -0.39 is 0 Å². The summed E-state index contributed by atoms with van der Waals surface area (Å²) in [6.45, 7) is 3.10. The summed E-state index contributed by atoms with van der Waals surface area (Å²) >= 11 is 0. The number of carbonyl (C=O) groups is 1. The number of nitrogens with one attached hydrogen (secondary N) is 1. The molecule has 1 aromatic rings. The van der Waals surface area contributed by atoms with Gasteiger partial charge in [-0.15, -0.1) is 12.4 Å². The Morgan fingerprint density at radius 3 is 2.65 bits per heavy atom. The minimum absolute atomic E-state index is 0. The van der Waals surface area contributed by atoms with E-state index in [9.17, 15) is 4.79 Å². The summed E-state index contributed by atoms with van der Waals surface area (Å²) in [5.74, 6) is 0.754. The first-order valence-electron chi connectivity index (χ1n) is 6.95. The first kappa shape index (κ1) is 16.8. The third-order valence-corrected chi connectivity index (χ3v) is 3.48. The number of hydrogen-bond donors (Lipinski definition) is 1. The van der Waals surface area contributed by atoms with Gasteiger partial charge < -0.3 is 15.0 Å². The Hall–Kier alpha value is -1.26. The summed E-state index contributed by atoms with van der Waals surface area (Å²) < 4.78 is 5.22. The first-order chi connectivity index (χ1) is 9.29. The van der Waals surface area contributed by atoms with Crippen molar-refractivity contribution in [3.63, 3.8) is 0 Å². The maximum absolute atomic E-state index is 11.9. The molecule has 0 unspecified atom stereocenters. The van der Waals surface area contributed by atoms with Crippen LogP contribution in [0.15, 0.2) is 24.3 Å². The van der Waals surface area contributed by atoms with Gasteiger partial charge in [-0.2, -0.15) is 0 Å². The predicted molar refractivity (Wildman–Crippen MR) is 83.8 cm³/mol. The van der Waals surface area contributed by atoms with E-state index in [2.05, 4.69) is 10.2 Å². The van der Waals surface area contributed by atoms with Gasteiger partial charge in [0.15, 0.2) is 0 Å². The molecule has 0 bridgehead atoms. The number of rotatable bonds is 5. The Bertz CT molecular complexity index is 420. The smallest absolute Gasteiger partial charge is 0.225 e. The predicted octanol–water partition coefficient (Wildman–Crippen LogP) is 2.93. The highest BCUT2D eigenvalue weighted by Crippen LogP contribution is 2.23. The van der Waals surface area contributed by atoms with E-state index in [1.165, 1.54) is 19.3 Å². The first-order valence-corrected chi connectivity index (χ1v) is 6.95. The summed E-state index contributed by atoms with van der Waals surface area (Å²) in [6.07, 6.45) is 4.38. The lowest BCUT2D eigenvalue weighted by atomic mass is 10.1. The molecule has 2 rings (SSSR count). The standard InChI is InChI=1S/C15H22N2O2.ClH/c1-19-14-8-4-3-7-13(14)16-15(18)9-12-17-10-5-2-6-11-17;/h3-4,7-8H,2,5-6,9-12H2,1H3,(H,16,18);1H. The van der Waals surface area contributed by atoms with E-state index in [-0.39, 0.29) is 18.3 Å². The molecule has 1 aliphatic heterocycles. The summed E-state index contributed by atoms with van der Waals surface area (Å²) in [4.78, 5) is 14.3. The monoisotopic (exact) mass is 298 g/mol. The van der Waals surface area contributed by atoms with Crippen LogP contribution in [0, 0.1) is 0 Å². The number of nitrogens with zero attached hydrogens (tertiary/aromatic N) is 1. The van der Waals surface area contributed by atoms with Crippen LogP contribution < -0.4 is 10.1 Å². The topological polar surface area (TPSA) is 41.6 Å². The molecule has 20 heavy (non-hydrogen) atoms. The molecule has 1 amide bonds. The van der Waals surface area contributed by atoms with Gasteiger partial charge in [-0.1, -0.05) is 18.6 Å². The van der Waals surface area contributed by atoms with Crippen LogP contribution in [0.4, 0.5) is 5.69 Å². The number of carbonyl (C=O) groups excluding carboxylic acids is 1. The van der Waals surface area contributed by atoms with Crippen LogP contribution in [0.2, 0.25) is 0 Å². The van der Waals surface area contributed by atoms with E-state index in [1.807, 2.05) is 24.3 Å². The van der Waals surface area contributed by atoms with Crippen LogP contribution in [0.1, 0.15) is 25.7 Å². The molecule has 1 heterocycles. The second kappa shape index (κ2) is 8.82. The lowest BCUT2D eigenvalue weighted by Crippen LogP contribution is -2.32. The Kier molecular flexibility index (Phi) is 7.41. The Morgan fingerprint density at radius 1 is 1.25 bits per heavy atom. The van der Waals surface area contributed by atoms with Crippen molar-refractivity contribution in [2.75, 3.05) is 32.1 Å². The number of ether oxygens (including phenoxy) is 1. The van der Waals surface area contributed by atoms with E-state index in [1.54, 1.807) is 7.11 Å². The molecule has 1 N–H and O–H groups in total. The van der Waals surface area contributed by atoms with Crippen LogP contribution in [0.25, 0.3) is 0 Å². The average Bonchev–Trinajstić information content (AvgIpc) is 2.47. The second-order valence-corrected chi connectivity index (χ2v) is 4.90. The van der Waals surface area contributed by atoms with Crippen molar-refractivity contribution < 1.29 is 9.53 Å². The molecule has 1 fully saturated rings. The number of halogens is 1. The summed E-state index contributed by atoms with van der Waals surface area (Å²) in [5, 5.41) is 2.91. The quantitative estimate of drug-likeness (QED) is 0.909. The number of hydrogen-bond acceptors (Lipinski definition) is 3. The highest BCUT2D eigenvalue weighted by molar-refractivity contribution is 5.92. The molecule has 1 aliphatic rings. The van der Waals surface area contributed by atoms with E-state index >= 15 is 0 Å². The fourth-order valence-electron chi connectivity index (χ4n) is 2.40. The molecular formula is C15H23ClN2O2. The van der Waals surface area contributed by atoms with Gasteiger partial charge in [0.2, 0.25) is 5.91 Å². The number of anilines is 1. The van der Waals surface area contributed by atoms with Gasteiger partial charge in [0.05, 0.1) is 12.8 Å². The molecule has 4 nitrogen and oxygen atoms in total. The molecule has 5 heteroatoms. The molecule has 0 aromatic heterocycles. The van der Waals surface area contributed by atoms with Gasteiger partial charge in [-0.25, -0.2) is 0 Å². The molecule has 112 valence electrons. The zero-order valence-electron chi connectivity index (χ0n) is 11.9. The highest BCUT2D eigenvalue weighted by Gasteiger charge is 2.12. The van der Waals surface area contributed by atoms with Crippen LogP contribution >= 0.6 is 12.4 Å². The van der Waals surface area contributed by atoms with Gasteiger partial charge in [0.25, 0.3) is 0 Å². The van der Waals surface area contributed by atoms with Crippen molar-refractivity contribution in [1.82, 2.24) is 4.90 Å². The number of methoxy groups -OCH3 is 1. The third-order valence-electron chi connectivity index (χ3n) is 3.48. The molecule has 0 saturated carbocycles. The van der Waals surface area contributed by atoms with Crippen molar-refractivity contribution in [3.8, 4) is 5.75 Å². The van der Waals surface area contributed by atoms with E-state index in [4.69, 9.17) is 4.74 Å². The number of piperidine rings is 1. The lowest BCUT2D eigenvalue weighted by molar-refractivity contribution is -0.116. The number of benzene rings is 1. The fraction of sp³-hybridized carbons (Fsp3) is 0.533. The summed E-state index contributed by atoms with van der Waals surface area (Å²) in [7, 11) is 1.61. The van der Waals surface area contributed by atoms with Gasteiger partial charge in [0, 0.05) is 13.0 Å². The maximum atomic E-state index is 11.9. The lowest BCUT2D eigenvalue weighted by Gasteiger charge is -2.26. The molecule has 0 radical (unpaired) electrons. The van der Waals surface area contributed by atoms with Gasteiger partial charge in [-0.3, -0.25) is 4.79 Å². The Morgan fingerprint density at radius 2 is 1.95 bits per heavy atom.